The van der Waals surface area contributed by atoms with E-state index in [-0.39, 0.29) is 18.4 Å². The van der Waals surface area contributed by atoms with E-state index in [4.69, 9.17) is 9.15 Å². The number of likely N-dealkylation sites (N-methyl/N-ethyl adjacent to an activating group) is 1. The fourth-order valence-corrected chi connectivity index (χ4v) is 2.21. The molecule has 0 spiro atoms. The average Bonchev–Trinajstić information content (AvgIpc) is 2.89. The molecule has 0 saturated carbocycles. The summed E-state index contributed by atoms with van der Waals surface area (Å²) in [5.41, 5.74) is 1.09. The summed E-state index contributed by atoms with van der Waals surface area (Å²) in [6.07, 6.45) is -0.564. The van der Waals surface area contributed by atoms with E-state index in [1.807, 2.05) is 45.0 Å². The van der Waals surface area contributed by atoms with E-state index in [2.05, 4.69) is 10.2 Å². The minimum atomic E-state index is -0.564. The number of aryl methyl sites for hydroxylation is 2. The minimum Gasteiger partial charge on any atom is -0.480 e. The van der Waals surface area contributed by atoms with Crippen molar-refractivity contribution >= 4 is 5.91 Å². The van der Waals surface area contributed by atoms with Crippen LogP contribution in [-0.2, 0) is 11.3 Å². The zero-order valence-electron chi connectivity index (χ0n) is 14.2. The second-order valence-electron chi connectivity index (χ2n) is 6.01. The Morgan fingerprint density at radius 3 is 2.61 bits per heavy atom. The van der Waals surface area contributed by atoms with Crippen molar-refractivity contribution in [2.45, 2.75) is 40.3 Å². The van der Waals surface area contributed by atoms with Gasteiger partial charge < -0.3 is 14.1 Å². The Balaban J connectivity index is 2.08. The first-order valence-electron chi connectivity index (χ1n) is 7.64. The molecular formula is C17H23N3O3. The molecule has 0 aliphatic rings. The monoisotopic (exact) mass is 317 g/mol. The lowest BCUT2D eigenvalue weighted by molar-refractivity contribution is -0.140. The van der Waals surface area contributed by atoms with Gasteiger partial charge in [-0.25, -0.2) is 0 Å². The number of carbonyl (C=O) groups is 1. The maximum absolute atomic E-state index is 12.7. The van der Waals surface area contributed by atoms with Crippen LogP contribution in [0.25, 0.3) is 0 Å². The van der Waals surface area contributed by atoms with Gasteiger partial charge in [-0.1, -0.05) is 26.0 Å². The molecule has 0 radical (unpaired) electrons. The molecule has 2 aromatic rings. The van der Waals surface area contributed by atoms with E-state index in [1.165, 1.54) is 0 Å². The van der Waals surface area contributed by atoms with Crippen LogP contribution in [0.3, 0.4) is 0 Å². The molecule has 0 bridgehead atoms. The van der Waals surface area contributed by atoms with Crippen LogP contribution >= 0.6 is 0 Å². The molecule has 23 heavy (non-hydrogen) atoms. The summed E-state index contributed by atoms with van der Waals surface area (Å²) in [5.74, 6) is 1.51. The molecule has 1 heterocycles. The smallest absolute Gasteiger partial charge is 0.264 e. The zero-order valence-corrected chi connectivity index (χ0v) is 14.2. The third kappa shape index (κ3) is 4.55. The topological polar surface area (TPSA) is 68.5 Å². The van der Waals surface area contributed by atoms with Crippen molar-refractivity contribution in [3.8, 4) is 5.75 Å². The predicted molar refractivity (Wildman–Crippen MR) is 85.9 cm³/mol. The summed E-state index contributed by atoms with van der Waals surface area (Å²) in [4.78, 5) is 14.2. The lowest BCUT2D eigenvalue weighted by atomic mass is 10.1. The third-order valence-corrected chi connectivity index (χ3v) is 3.42. The molecule has 6 heteroatoms. The van der Waals surface area contributed by atoms with Gasteiger partial charge in [0.15, 0.2) is 6.10 Å². The predicted octanol–water partition coefficient (Wildman–Crippen LogP) is 2.75. The fraction of sp³-hybridized carbons (Fsp3) is 0.471. The molecule has 6 nitrogen and oxygen atoms in total. The zero-order chi connectivity index (χ0) is 17.0. The Labute approximate surface area is 136 Å². The van der Waals surface area contributed by atoms with Gasteiger partial charge in [-0.15, -0.1) is 10.2 Å². The van der Waals surface area contributed by atoms with Gasteiger partial charge in [-0.3, -0.25) is 4.79 Å². The molecular weight excluding hydrogens is 294 g/mol. The summed E-state index contributed by atoms with van der Waals surface area (Å²) in [5, 5.41) is 7.69. The molecule has 0 N–H and O–H groups in total. The number of carbonyl (C=O) groups excluding carboxylic acids is 1. The third-order valence-electron chi connectivity index (χ3n) is 3.42. The lowest BCUT2D eigenvalue weighted by Crippen LogP contribution is -2.42. The number of nitrogens with zero attached hydrogens (tertiary/aromatic N) is 3. The molecule has 0 fully saturated rings. The maximum atomic E-state index is 12.7. The first-order chi connectivity index (χ1) is 10.9. The van der Waals surface area contributed by atoms with Crippen LogP contribution in [0.2, 0.25) is 0 Å². The second-order valence-corrected chi connectivity index (χ2v) is 6.01. The highest BCUT2D eigenvalue weighted by Crippen LogP contribution is 2.19. The average molecular weight is 317 g/mol. The van der Waals surface area contributed by atoms with Gasteiger partial charge in [-0.05, 0) is 30.5 Å². The van der Waals surface area contributed by atoms with Crippen molar-refractivity contribution in [3.05, 3.63) is 41.6 Å². The number of hydrogen-bond acceptors (Lipinski definition) is 5. The Morgan fingerprint density at radius 1 is 1.30 bits per heavy atom. The van der Waals surface area contributed by atoms with Gasteiger partial charge in [0.05, 0.1) is 6.54 Å². The number of hydrogen-bond donors (Lipinski definition) is 0. The van der Waals surface area contributed by atoms with Gasteiger partial charge in [0.25, 0.3) is 5.91 Å². The molecule has 124 valence electrons. The first kappa shape index (κ1) is 17.0. The van der Waals surface area contributed by atoms with Gasteiger partial charge in [0.2, 0.25) is 11.8 Å². The van der Waals surface area contributed by atoms with Crippen LogP contribution < -0.4 is 4.74 Å². The summed E-state index contributed by atoms with van der Waals surface area (Å²) in [7, 11) is 1.71. The van der Waals surface area contributed by atoms with Crippen molar-refractivity contribution in [3.63, 3.8) is 0 Å². The quantitative estimate of drug-likeness (QED) is 0.819. The maximum Gasteiger partial charge on any atom is 0.264 e. The second kappa shape index (κ2) is 7.26. The normalized spacial score (nSPS) is 12.3. The summed E-state index contributed by atoms with van der Waals surface area (Å²) >= 11 is 0. The van der Waals surface area contributed by atoms with Crippen LogP contribution in [0.5, 0.6) is 5.75 Å². The van der Waals surface area contributed by atoms with E-state index in [0.717, 1.165) is 5.56 Å². The van der Waals surface area contributed by atoms with E-state index in [0.29, 0.717) is 17.5 Å². The van der Waals surface area contributed by atoms with Gasteiger partial charge in [0, 0.05) is 14.0 Å². The van der Waals surface area contributed by atoms with E-state index >= 15 is 0 Å². The number of aromatic nitrogens is 2. The Hall–Kier alpha value is -2.37. The van der Waals surface area contributed by atoms with Crippen molar-refractivity contribution in [2.75, 3.05) is 7.05 Å². The molecule has 0 saturated heterocycles. The Kier molecular flexibility index (Phi) is 5.36. The van der Waals surface area contributed by atoms with Gasteiger partial charge >= 0.3 is 0 Å². The number of ether oxygens (including phenoxy) is 1. The lowest BCUT2D eigenvalue weighted by Gasteiger charge is -2.26. The van der Waals surface area contributed by atoms with E-state index in [1.54, 1.807) is 18.9 Å². The molecule has 0 aliphatic heterocycles. The summed E-state index contributed by atoms with van der Waals surface area (Å²) < 4.78 is 11.2. The Morgan fingerprint density at radius 2 is 2.04 bits per heavy atom. The molecule has 2 rings (SSSR count). The van der Waals surface area contributed by atoms with Crippen molar-refractivity contribution in [2.24, 2.45) is 5.92 Å². The number of rotatable bonds is 6. The van der Waals surface area contributed by atoms with Crippen LogP contribution in [0.15, 0.2) is 28.7 Å². The van der Waals surface area contributed by atoms with Crippen LogP contribution in [0, 0.1) is 19.8 Å². The molecule has 0 unspecified atom stereocenters. The highest BCUT2D eigenvalue weighted by atomic mass is 16.5. The fourth-order valence-electron chi connectivity index (χ4n) is 2.21. The van der Waals surface area contributed by atoms with Gasteiger partial charge in [-0.2, -0.15) is 0 Å². The van der Waals surface area contributed by atoms with E-state index in [9.17, 15) is 4.79 Å². The minimum absolute atomic E-state index is 0.0369. The number of benzene rings is 1. The summed E-state index contributed by atoms with van der Waals surface area (Å²) in [6.45, 7) is 7.89. The van der Waals surface area contributed by atoms with Crippen molar-refractivity contribution < 1.29 is 13.9 Å². The van der Waals surface area contributed by atoms with Crippen molar-refractivity contribution in [1.29, 1.82) is 0 Å². The van der Waals surface area contributed by atoms with Crippen LogP contribution in [0.4, 0.5) is 0 Å². The summed E-state index contributed by atoms with van der Waals surface area (Å²) in [6, 6.07) is 7.68. The SMILES string of the molecule is Cc1cccc(O[C@H](C(=O)N(C)Cc2nnc(C)o2)C(C)C)c1. The molecule has 1 atom stereocenters. The first-order valence-corrected chi connectivity index (χ1v) is 7.64. The highest BCUT2D eigenvalue weighted by molar-refractivity contribution is 5.81. The van der Waals surface area contributed by atoms with Crippen molar-refractivity contribution in [1.82, 2.24) is 15.1 Å². The standard InChI is InChI=1S/C17H23N3O3/c1-11(2)16(23-14-8-6-7-12(3)9-14)17(21)20(5)10-15-19-18-13(4)22-15/h6-9,11,16H,10H2,1-5H3/t16-/m0/s1. The highest BCUT2D eigenvalue weighted by Gasteiger charge is 2.28. The van der Waals surface area contributed by atoms with Crippen LogP contribution in [-0.4, -0.2) is 34.2 Å². The van der Waals surface area contributed by atoms with Crippen LogP contribution in [0.1, 0.15) is 31.2 Å². The molecule has 1 aromatic heterocycles. The van der Waals surface area contributed by atoms with E-state index < -0.39 is 6.10 Å². The Bertz CT molecular complexity index is 667. The molecule has 1 aromatic carbocycles. The van der Waals surface area contributed by atoms with Gasteiger partial charge in [0.1, 0.15) is 5.75 Å². The molecule has 1 amide bonds. The molecule has 0 aliphatic carbocycles. The largest absolute Gasteiger partial charge is 0.480 e. The number of amides is 1.